The van der Waals surface area contributed by atoms with E-state index in [4.69, 9.17) is 0 Å². The van der Waals surface area contributed by atoms with Crippen LogP contribution in [0.1, 0.15) is 13.3 Å². The Hall–Kier alpha value is 2.02. The first-order valence-corrected chi connectivity index (χ1v) is 5.92. The number of thiocarbonyl (C=S) groups is 1. The molecule has 0 aromatic rings. The van der Waals surface area contributed by atoms with Crippen LogP contribution in [0.15, 0.2) is 0 Å². The third-order valence-corrected chi connectivity index (χ3v) is 2.46. The Kier molecular flexibility index (Phi) is 24.2. The quantitative estimate of drug-likeness (QED) is 0.219. The molecule has 0 heterocycles. The van der Waals surface area contributed by atoms with Gasteiger partial charge in [-0.1, -0.05) is 11.2 Å². The minimum Gasteiger partial charge on any atom is -0.748 e. The first-order chi connectivity index (χ1) is 5.70. The van der Waals surface area contributed by atoms with E-state index in [2.05, 4.69) is 24.8 Å². The van der Waals surface area contributed by atoms with E-state index in [0.717, 1.165) is 0 Å². The van der Waals surface area contributed by atoms with Crippen LogP contribution in [-0.2, 0) is 22.7 Å². The summed E-state index contributed by atoms with van der Waals surface area (Å²) in [6.07, 6.45) is 0.409. The molecule has 9 heteroatoms. The van der Waals surface area contributed by atoms with Crippen molar-refractivity contribution in [2.24, 2.45) is 0 Å². The smallest absolute Gasteiger partial charge is 0.748 e. The van der Waals surface area contributed by atoms with E-state index in [-0.39, 0.29) is 64.9 Å². The van der Waals surface area contributed by atoms with Crippen LogP contribution >= 0.6 is 12.2 Å². The fourth-order valence-electron chi connectivity index (χ4n) is 0.250. The second-order valence-electron chi connectivity index (χ2n) is 2.42. The van der Waals surface area contributed by atoms with Crippen LogP contribution < -0.4 is 59.1 Å². The number of hydrogen-bond donors (Lipinski definition) is 0. The van der Waals surface area contributed by atoms with E-state index >= 15 is 0 Å². The molecule has 0 spiro atoms. The third-order valence-electron chi connectivity index (χ3n) is 0.819. The van der Waals surface area contributed by atoms with Crippen molar-refractivity contribution in [3.05, 3.63) is 0 Å². The zero-order chi connectivity index (χ0) is 11.1. The van der Waals surface area contributed by atoms with E-state index in [1.165, 1.54) is 0 Å². The fourth-order valence-corrected chi connectivity index (χ4v) is 0.750. The topological polar surface area (TPSA) is 60.4 Å². The van der Waals surface area contributed by atoms with E-state index < -0.39 is 10.1 Å². The van der Waals surface area contributed by atoms with E-state index in [1.54, 1.807) is 11.8 Å². The van der Waals surface area contributed by atoms with Gasteiger partial charge < -0.3 is 34.3 Å². The van der Waals surface area contributed by atoms with Gasteiger partial charge >= 0.3 is 59.1 Å². The fraction of sp³-hybridized carbons (Fsp3) is 0.833. The van der Waals surface area contributed by atoms with Crippen molar-refractivity contribution in [2.45, 2.75) is 13.3 Å². The molecule has 0 aliphatic rings. The van der Waals surface area contributed by atoms with Crippen LogP contribution in [0.3, 0.4) is 0 Å². The average molecular weight is 289 g/mol. The summed E-state index contributed by atoms with van der Waals surface area (Å²) in [6, 6.07) is 0. The van der Waals surface area contributed by atoms with Gasteiger partial charge in [0.05, 0.1) is 10.1 Å². The molecule has 0 rings (SSSR count). The summed E-state index contributed by atoms with van der Waals surface area (Å²) in [5.41, 5.74) is 0. The van der Waals surface area contributed by atoms with Crippen molar-refractivity contribution < 1.29 is 72.1 Å². The van der Waals surface area contributed by atoms with Crippen LogP contribution in [0.25, 0.3) is 0 Å². The summed E-state index contributed by atoms with van der Waals surface area (Å²) < 4.78 is 29.5. The van der Waals surface area contributed by atoms with Crippen LogP contribution in [0, 0.1) is 0 Å². The molecule has 0 saturated carbocycles. The monoisotopic (exact) mass is 289 g/mol. The summed E-state index contributed by atoms with van der Waals surface area (Å²) in [5, 5.41) is 0. The van der Waals surface area contributed by atoms with Crippen molar-refractivity contribution in [3.8, 4) is 0 Å². The summed E-state index contributed by atoms with van der Waals surface area (Å²) in [5.74, 6) is -0.243. The molecule has 0 aliphatic carbocycles. The molecule has 0 aliphatic heterocycles. The van der Waals surface area contributed by atoms with Crippen molar-refractivity contribution in [1.29, 1.82) is 0 Å². The maximum Gasteiger partial charge on any atom is 1.00 e. The summed E-state index contributed by atoms with van der Waals surface area (Å²) >= 11 is 9.12. The minimum atomic E-state index is -3.92. The maximum absolute atomic E-state index is 9.68. The second kappa shape index (κ2) is 14.1. The van der Waals surface area contributed by atoms with Crippen LogP contribution in [-0.4, -0.2) is 42.0 Å². The first kappa shape index (κ1) is 25.8. The Morgan fingerprint density at radius 2 is 1.67 bits per heavy atom. The maximum atomic E-state index is 9.68. The molecule has 0 saturated heterocycles. The molecular weight excluding hydrogens is 276 g/mol. The minimum absolute atomic E-state index is 0. The molecule has 0 bridgehead atoms. The molecular formula is C6H13NNa2O3S3. The van der Waals surface area contributed by atoms with Gasteiger partial charge in [0.1, 0.15) is 0 Å². The average Bonchev–Trinajstić information content (AvgIpc) is 1.85. The van der Waals surface area contributed by atoms with Gasteiger partial charge in [0.15, 0.2) is 0 Å². The molecule has 0 N–H and O–H groups in total. The largest absolute Gasteiger partial charge is 1.00 e. The Balaban J connectivity index is -0.0000000718. The van der Waals surface area contributed by atoms with E-state index in [1.807, 2.05) is 14.1 Å². The van der Waals surface area contributed by atoms with Gasteiger partial charge in [0.2, 0.25) is 0 Å². The second-order valence-corrected chi connectivity index (χ2v) is 4.98. The summed E-state index contributed by atoms with van der Waals surface area (Å²) in [7, 11) is -0.267. The molecule has 4 nitrogen and oxygen atoms in total. The Labute approximate surface area is 147 Å². The summed E-state index contributed by atoms with van der Waals surface area (Å²) in [6.45, 7) is 1.65. The molecule has 0 atom stereocenters. The third kappa shape index (κ3) is 31.4. The normalized spacial score (nSPS) is 8.53. The van der Waals surface area contributed by atoms with Crippen molar-refractivity contribution >= 4 is 39.3 Å². The molecule has 15 heavy (non-hydrogen) atoms. The molecule has 0 aromatic carbocycles. The molecule has 0 unspecified atom stereocenters. The van der Waals surface area contributed by atoms with Crippen molar-refractivity contribution in [2.75, 3.05) is 19.8 Å². The molecule has 0 amide bonds. The number of nitrogens with zero attached hydrogens (tertiary/aromatic N) is 1. The van der Waals surface area contributed by atoms with Gasteiger partial charge in [0.25, 0.3) is 0 Å². The predicted octanol–water partition coefficient (Wildman–Crippen LogP) is -5.67. The van der Waals surface area contributed by atoms with Crippen molar-refractivity contribution in [1.82, 2.24) is 4.90 Å². The van der Waals surface area contributed by atoms with Gasteiger partial charge in [-0.3, -0.25) is 0 Å². The zero-order valence-corrected chi connectivity index (χ0v) is 16.3. The van der Waals surface area contributed by atoms with Crippen molar-refractivity contribution in [3.63, 3.8) is 0 Å². The van der Waals surface area contributed by atoms with Crippen LogP contribution in [0.5, 0.6) is 0 Å². The zero-order valence-electron chi connectivity index (χ0n) is 9.81. The molecule has 80 valence electrons. The standard InChI is InChI=1S/C3H7NS2.C3H8O3S.2Na/c1-4(2)3(5)6;1-2-3-7(4,5)6;;/h1-2H3,(H,5,6);2-3H2,1H3,(H,4,5,6);;/q;;2*+1/p-2. The van der Waals surface area contributed by atoms with E-state index in [9.17, 15) is 13.0 Å². The number of rotatable bonds is 2. The van der Waals surface area contributed by atoms with Gasteiger partial charge in [-0.2, -0.15) is 0 Å². The Morgan fingerprint density at radius 3 is 1.67 bits per heavy atom. The number of hydrogen-bond acceptors (Lipinski definition) is 5. The van der Waals surface area contributed by atoms with Gasteiger partial charge in [-0.15, -0.1) is 0 Å². The SMILES string of the molecule is CCCS(=O)(=O)[O-].CN(C)C(=S)[S-].[Na+].[Na+]. The van der Waals surface area contributed by atoms with Gasteiger partial charge in [-0.25, -0.2) is 8.42 Å². The van der Waals surface area contributed by atoms with E-state index in [0.29, 0.717) is 10.7 Å². The van der Waals surface area contributed by atoms with Gasteiger partial charge in [0, 0.05) is 19.8 Å². The Morgan fingerprint density at radius 1 is 1.40 bits per heavy atom. The van der Waals surface area contributed by atoms with Crippen LogP contribution in [0.4, 0.5) is 0 Å². The predicted molar refractivity (Wildman–Crippen MR) is 58.5 cm³/mol. The molecule has 0 radical (unpaired) electrons. The molecule has 0 aromatic heterocycles. The van der Waals surface area contributed by atoms with Crippen LogP contribution in [0.2, 0.25) is 0 Å². The first-order valence-electron chi connectivity index (χ1n) is 3.52. The summed E-state index contributed by atoms with van der Waals surface area (Å²) in [4.78, 5) is 1.71. The Bertz CT molecular complexity index is 244. The van der Waals surface area contributed by atoms with Gasteiger partial charge in [-0.05, 0) is 6.42 Å². The molecule has 0 fully saturated rings.